The molecule has 1 aromatic rings. The molecule has 2 heterocycles. The van der Waals surface area contributed by atoms with Crippen molar-refractivity contribution in [2.75, 3.05) is 24.5 Å². The van der Waals surface area contributed by atoms with Gasteiger partial charge in [-0.15, -0.1) is 0 Å². The van der Waals surface area contributed by atoms with Gasteiger partial charge in [-0.1, -0.05) is 18.2 Å². The Hall–Kier alpha value is -1.84. The number of para-hydroxylation sites is 1. The Morgan fingerprint density at radius 3 is 2.27 bits per heavy atom. The van der Waals surface area contributed by atoms with Crippen molar-refractivity contribution in [1.82, 2.24) is 4.90 Å². The van der Waals surface area contributed by atoms with Gasteiger partial charge in [0, 0.05) is 37.2 Å². The SMILES string of the molecule is O=C(C1CC1)N1CCC(C(=O)N2CCc3ccccc32)CC1. The van der Waals surface area contributed by atoms with E-state index in [9.17, 15) is 9.59 Å². The van der Waals surface area contributed by atoms with Gasteiger partial charge in [0.1, 0.15) is 0 Å². The van der Waals surface area contributed by atoms with Crippen molar-refractivity contribution in [2.45, 2.75) is 32.1 Å². The van der Waals surface area contributed by atoms with Crippen LogP contribution in [-0.4, -0.2) is 36.3 Å². The Kier molecular flexibility index (Phi) is 3.40. The number of piperidine rings is 1. The predicted molar refractivity (Wildman–Crippen MR) is 84.5 cm³/mol. The van der Waals surface area contributed by atoms with Gasteiger partial charge in [-0.05, 0) is 43.7 Å². The number of likely N-dealkylation sites (tertiary alicyclic amines) is 1. The summed E-state index contributed by atoms with van der Waals surface area (Å²) >= 11 is 0. The zero-order valence-electron chi connectivity index (χ0n) is 12.8. The first-order chi connectivity index (χ1) is 10.7. The zero-order valence-corrected chi connectivity index (χ0v) is 12.8. The van der Waals surface area contributed by atoms with E-state index >= 15 is 0 Å². The molecular weight excluding hydrogens is 276 g/mol. The second-order valence-electron chi connectivity index (χ2n) is 6.74. The van der Waals surface area contributed by atoms with E-state index in [0.29, 0.717) is 5.91 Å². The van der Waals surface area contributed by atoms with Crippen LogP contribution in [0, 0.1) is 11.8 Å². The lowest BCUT2D eigenvalue weighted by Gasteiger charge is -2.33. The molecule has 0 bridgehead atoms. The highest BCUT2D eigenvalue weighted by Gasteiger charge is 2.37. The van der Waals surface area contributed by atoms with Crippen molar-refractivity contribution in [3.05, 3.63) is 29.8 Å². The van der Waals surface area contributed by atoms with Crippen LogP contribution in [0.3, 0.4) is 0 Å². The maximum atomic E-state index is 12.8. The summed E-state index contributed by atoms with van der Waals surface area (Å²) in [5, 5.41) is 0. The zero-order chi connectivity index (χ0) is 15.1. The number of hydrogen-bond acceptors (Lipinski definition) is 2. The fourth-order valence-electron chi connectivity index (χ4n) is 3.72. The molecule has 0 aromatic heterocycles. The smallest absolute Gasteiger partial charge is 0.230 e. The lowest BCUT2D eigenvalue weighted by Crippen LogP contribution is -2.44. The predicted octanol–water partition coefficient (Wildman–Crippen LogP) is 2.22. The molecule has 22 heavy (non-hydrogen) atoms. The van der Waals surface area contributed by atoms with Crippen molar-refractivity contribution in [2.24, 2.45) is 11.8 Å². The van der Waals surface area contributed by atoms with Gasteiger partial charge < -0.3 is 9.80 Å². The molecule has 1 aliphatic carbocycles. The Balaban J connectivity index is 1.39. The molecule has 1 saturated carbocycles. The molecule has 4 rings (SSSR count). The van der Waals surface area contributed by atoms with E-state index in [2.05, 4.69) is 6.07 Å². The van der Waals surface area contributed by atoms with Crippen LogP contribution in [0.4, 0.5) is 5.69 Å². The highest BCUT2D eigenvalue weighted by Crippen LogP contribution is 2.34. The van der Waals surface area contributed by atoms with Gasteiger partial charge in [-0.3, -0.25) is 9.59 Å². The minimum Gasteiger partial charge on any atom is -0.342 e. The van der Waals surface area contributed by atoms with Crippen LogP contribution in [0.1, 0.15) is 31.2 Å². The van der Waals surface area contributed by atoms with Gasteiger partial charge in [0.05, 0.1) is 0 Å². The first-order valence-corrected chi connectivity index (χ1v) is 8.42. The Bertz CT molecular complexity index is 601. The molecule has 0 radical (unpaired) electrons. The third-order valence-electron chi connectivity index (χ3n) is 5.24. The molecule has 3 aliphatic rings. The molecular formula is C18H22N2O2. The number of carbonyl (C=O) groups is 2. The molecule has 1 saturated heterocycles. The minimum atomic E-state index is 0.0782. The summed E-state index contributed by atoms with van der Waals surface area (Å²) in [6, 6.07) is 8.20. The van der Waals surface area contributed by atoms with E-state index < -0.39 is 0 Å². The van der Waals surface area contributed by atoms with Crippen LogP contribution in [0.2, 0.25) is 0 Å². The molecule has 4 nitrogen and oxygen atoms in total. The second-order valence-corrected chi connectivity index (χ2v) is 6.74. The molecule has 4 heteroatoms. The van der Waals surface area contributed by atoms with Gasteiger partial charge >= 0.3 is 0 Å². The molecule has 2 aliphatic heterocycles. The molecule has 2 fully saturated rings. The highest BCUT2D eigenvalue weighted by molar-refractivity contribution is 5.97. The number of carbonyl (C=O) groups excluding carboxylic acids is 2. The minimum absolute atomic E-state index is 0.0782. The third-order valence-corrected chi connectivity index (χ3v) is 5.24. The van der Waals surface area contributed by atoms with Gasteiger partial charge in [-0.25, -0.2) is 0 Å². The summed E-state index contributed by atoms with van der Waals surface area (Å²) in [5.41, 5.74) is 2.36. The maximum Gasteiger partial charge on any atom is 0.230 e. The Morgan fingerprint density at radius 2 is 1.55 bits per heavy atom. The van der Waals surface area contributed by atoms with Gasteiger partial charge in [0.15, 0.2) is 0 Å². The lowest BCUT2D eigenvalue weighted by atomic mass is 9.95. The van der Waals surface area contributed by atoms with E-state index in [4.69, 9.17) is 0 Å². The van der Waals surface area contributed by atoms with Crippen molar-refractivity contribution >= 4 is 17.5 Å². The topological polar surface area (TPSA) is 40.6 Å². The molecule has 0 atom stereocenters. The fourth-order valence-corrected chi connectivity index (χ4v) is 3.72. The van der Waals surface area contributed by atoms with Crippen LogP contribution in [-0.2, 0) is 16.0 Å². The number of fused-ring (bicyclic) bond motifs is 1. The first-order valence-electron chi connectivity index (χ1n) is 8.42. The number of amides is 2. The van der Waals surface area contributed by atoms with E-state index in [0.717, 1.165) is 57.4 Å². The summed E-state index contributed by atoms with van der Waals surface area (Å²) in [6.45, 7) is 2.31. The van der Waals surface area contributed by atoms with E-state index in [1.165, 1.54) is 5.56 Å². The average Bonchev–Trinajstić information content (AvgIpc) is 3.33. The van der Waals surface area contributed by atoms with E-state index in [1.807, 2.05) is 28.0 Å². The van der Waals surface area contributed by atoms with Gasteiger partial charge in [0.25, 0.3) is 0 Å². The van der Waals surface area contributed by atoms with Crippen molar-refractivity contribution in [1.29, 1.82) is 0 Å². The standard InChI is InChI=1S/C18H22N2O2/c21-17(14-5-6-14)19-10-7-15(8-11-19)18(22)20-12-9-13-3-1-2-4-16(13)20/h1-4,14-15H,5-12H2. The Morgan fingerprint density at radius 1 is 0.864 bits per heavy atom. The maximum absolute atomic E-state index is 12.8. The number of anilines is 1. The van der Waals surface area contributed by atoms with Crippen LogP contribution in [0.5, 0.6) is 0 Å². The normalized spacial score (nSPS) is 21.8. The molecule has 0 spiro atoms. The largest absolute Gasteiger partial charge is 0.342 e. The van der Waals surface area contributed by atoms with Crippen LogP contribution < -0.4 is 4.90 Å². The van der Waals surface area contributed by atoms with Crippen LogP contribution in [0.25, 0.3) is 0 Å². The summed E-state index contributed by atoms with van der Waals surface area (Å²) in [4.78, 5) is 28.8. The van der Waals surface area contributed by atoms with E-state index in [1.54, 1.807) is 0 Å². The number of nitrogens with zero attached hydrogens (tertiary/aromatic N) is 2. The van der Waals surface area contributed by atoms with Crippen molar-refractivity contribution < 1.29 is 9.59 Å². The van der Waals surface area contributed by atoms with Crippen molar-refractivity contribution in [3.63, 3.8) is 0 Å². The highest BCUT2D eigenvalue weighted by atomic mass is 16.2. The van der Waals surface area contributed by atoms with Gasteiger partial charge in [-0.2, -0.15) is 0 Å². The van der Waals surface area contributed by atoms with Crippen LogP contribution in [0.15, 0.2) is 24.3 Å². The number of rotatable bonds is 2. The summed E-state index contributed by atoms with van der Waals surface area (Å²) in [5.74, 6) is 0.938. The molecule has 2 amide bonds. The Labute approximate surface area is 131 Å². The monoisotopic (exact) mass is 298 g/mol. The summed E-state index contributed by atoms with van der Waals surface area (Å²) in [6.07, 6.45) is 4.71. The number of benzene rings is 1. The molecule has 0 N–H and O–H groups in total. The van der Waals surface area contributed by atoms with Gasteiger partial charge in [0.2, 0.25) is 11.8 Å². The van der Waals surface area contributed by atoms with Crippen LogP contribution >= 0.6 is 0 Å². The second kappa shape index (κ2) is 5.41. The average molecular weight is 298 g/mol. The third kappa shape index (κ3) is 2.40. The summed E-state index contributed by atoms with van der Waals surface area (Å²) in [7, 11) is 0. The molecule has 1 aromatic carbocycles. The molecule has 116 valence electrons. The first kappa shape index (κ1) is 13.8. The quantitative estimate of drug-likeness (QED) is 0.840. The summed E-state index contributed by atoms with van der Waals surface area (Å²) < 4.78 is 0. The number of hydrogen-bond donors (Lipinski definition) is 0. The lowest BCUT2D eigenvalue weighted by molar-refractivity contribution is -0.136. The van der Waals surface area contributed by atoms with Crippen molar-refractivity contribution in [3.8, 4) is 0 Å². The fraction of sp³-hybridized carbons (Fsp3) is 0.556. The van der Waals surface area contributed by atoms with E-state index in [-0.39, 0.29) is 17.7 Å². The molecule has 0 unspecified atom stereocenters.